The Morgan fingerprint density at radius 1 is 1.28 bits per heavy atom. The molecule has 150 valence electrons. The summed E-state index contributed by atoms with van der Waals surface area (Å²) in [6.45, 7) is 6.36. The lowest BCUT2D eigenvalue weighted by molar-refractivity contribution is 0.0959. The van der Waals surface area contributed by atoms with Crippen LogP contribution in [0.3, 0.4) is 0 Å². The zero-order chi connectivity index (χ0) is 20.5. The molecule has 0 fully saturated rings. The Morgan fingerprint density at radius 3 is 2.79 bits per heavy atom. The summed E-state index contributed by atoms with van der Waals surface area (Å²) < 4.78 is 2.15. The third-order valence-corrected chi connectivity index (χ3v) is 6.97. The average molecular weight is 426 g/mol. The van der Waals surface area contributed by atoms with Gasteiger partial charge in [0.15, 0.2) is 0 Å². The van der Waals surface area contributed by atoms with Gasteiger partial charge >= 0.3 is 0 Å². The highest BCUT2D eigenvalue weighted by Gasteiger charge is 2.20. The number of nitrogens with one attached hydrogen (secondary N) is 1. The molecule has 0 bridgehead atoms. The minimum atomic E-state index is -0.139. The second-order valence-electron chi connectivity index (χ2n) is 7.74. The zero-order valence-corrected chi connectivity index (χ0v) is 18.4. The molecule has 6 heteroatoms. The van der Waals surface area contributed by atoms with E-state index in [9.17, 15) is 4.79 Å². The molecule has 0 radical (unpaired) electrons. The van der Waals surface area contributed by atoms with Crippen LogP contribution in [0.25, 0.3) is 5.69 Å². The number of hydrogen-bond donors (Lipinski definition) is 1. The molecule has 1 N–H and O–H groups in total. The van der Waals surface area contributed by atoms with Crippen molar-refractivity contribution in [2.75, 3.05) is 0 Å². The van der Waals surface area contributed by atoms with E-state index in [0.717, 1.165) is 40.4 Å². The average Bonchev–Trinajstić information content (AvgIpc) is 3.23. The lowest BCUT2D eigenvalue weighted by Gasteiger charge is -2.16. The minimum Gasteiger partial charge on any atom is -0.318 e. The van der Waals surface area contributed by atoms with Crippen LogP contribution in [0.15, 0.2) is 41.5 Å². The van der Waals surface area contributed by atoms with E-state index in [-0.39, 0.29) is 5.91 Å². The molecular formula is C23H24ClN3OS. The summed E-state index contributed by atoms with van der Waals surface area (Å²) in [5, 5.41) is 4.92. The summed E-state index contributed by atoms with van der Waals surface area (Å²) in [6, 6.07) is 11.8. The van der Waals surface area contributed by atoms with Crippen LogP contribution in [-0.4, -0.2) is 16.7 Å². The summed E-state index contributed by atoms with van der Waals surface area (Å²) in [4.78, 5) is 14.6. The van der Waals surface area contributed by atoms with E-state index in [4.69, 9.17) is 11.6 Å². The van der Waals surface area contributed by atoms with Crippen molar-refractivity contribution in [2.45, 2.75) is 40.0 Å². The number of hydrazone groups is 1. The monoisotopic (exact) mass is 425 g/mol. The second-order valence-corrected chi connectivity index (χ2v) is 9.32. The summed E-state index contributed by atoms with van der Waals surface area (Å²) in [5.41, 5.74) is 8.18. The highest BCUT2D eigenvalue weighted by molar-refractivity contribution is 7.14. The fourth-order valence-electron chi connectivity index (χ4n) is 3.94. The van der Waals surface area contributed by atoms with Gasteiger partial charge in [-0.25, -0.2) is 5.43 Å². The van der Waals surface area contributed by atoms with Crippen LogP contribution in [-0.2, 0) is 12.8 Å². The molecule has 4 rings (SSSR count). The lowest BCUT2D eigenvalue weighted by Crippen LogP contribution is -2.16. The molecule has 1 amide bonds. The molecule has 3 aromatic rings. The molecule has 29 heavy (non-hydrogen) atoms. The van der Waals surface area contributed by atoms with Gasteiger partial charge in [-0.2, -0.15) is 5.10 Å². The Morgan fingerprint density at radius 2 is 2.03 bits per heavy atom. The Bertz CT molecular complexity index is 1080. The van der Waals surface area contributed by atoms with Crippen LogP contribution < -0.4 is 5.43 Å². The minimum absolute atomic E-state index is 0.139. The van der Waals surface area contributed by atoms with Gasteiger partial charge in [0.1, 0.15) is 0 Å². The van der Waals surface area contributed by atoms with Crippen molar-refractivity contribution in [1.29, 1.82) is 0 Å². The van der Waals surface area contributed by atoms with Crippen LogP contribution in [0.2, 0.25) is 5.02 Å². The Hall–Kier alpha value is -2.37. The van der Waals surface area contributed by atoms with Crippen LogP contribution in [0, 0.1) is 19.8 Å². The van der Waals surface area contributed by atoms with Crippen molar-refractivity contribution in [2.24, 2.45) is 11.0 Å². The maximum absolute atomic E-state index is 12.5. The molecule has 2 aromatic heterocycles. The summed E-state index contributed by atoms with van der Waals surface area (Å²) in [5.74, 6) is 0.557. The first-order chi connectivity index (χ1) is 13.9. The summed E-state index contributed by atoms with van der Waals surface area (Å²) in [7, 11) is 0. The molecule has 1 aliphatic rings. The molecule has 2 heterocycles. The zero-order valence-electron chi connectivity index (χ0n) is 16.8. The first-order valence-corrected chi connectivity index (χ1v) is 11.0. The van der Waals surface area contributed by atoms with Crippen molar-refractivity contribution in [3.8, 4) is 5.69 Å². The summed E-state index contributed by atoms with van der Waals surface area (Å²) in [6.07, 6.45) is 5.06. The van der Waals surface area contributed by atoms with E-state index in [0.29, 0.717) is 10.9 Å². The number of aryl methyl sites for hydroxylation is 2. The second kappa shape index (κ2) is 8.17. The summed E-state index contributed by atoms with van der Waals surface area (Å²) >= 11 is 7.60. The molecule has 0 saturated carbocycles. The fraction of sp³-hybridized carbons (Fsp3) is 0.304. The van der Waals surface area contributed by atoms with Gasteiger partial charge in [0.2, 0.25) is 0 Å². The van der Waals surface area contributed by atoms with E-state index < -0.39 is 0 Å². The van der Waals surface area contributed by atoms with Crippen molar-refractivity contribution in [3.63, 3.8) is 0 Å². The highest BCUT2D eigenvalue weighted by Crippen LogP contribution is 2.32. The molecule has 0 saturated heterocycles. The van der Waals surface area contributed by atoms with E-state index in [2.05, 4.69) is 35.0 Å². The maximum atomic E-state index is 12.5. The highest BCUT2D eigenvalue weighted by atomic mass is 35.5. The molecule has 1 aliphatic carbocycles. The number of carbonyl (C=O) groups is 1. The smallest absolute Gasteiger partial charge is 0.281 e. The topological polar surface area (TPSA) is 46.4 Å². The number of amides is 1. The number of aromatic nitrogens is 1. The molecular weight excluding hydrogens is 402 g/mol. The Labute approximate surface area is 180 Å². The van der Waals surface area contributed by atoms with Gasteiger partial charge < -0.3 is 4.57 Å². The van der Waals surface area contributed by atoms with Crippen LogP contribution in [0.1, 0.15) is 50.4 Å². The Balaban J connectivity index is 1.48. The van der Waals surface area contributed by atoms with Crippen LogP contribution in [0.4, 0.5) is 0 Å². The number of benzene rings is 1. The molecule has 0 aliphatic heterocycles. The van der Waals surface area contributed by atoms with E-state index >= 15 is 0 Å². The van der Waals surface area contributed by atoms with Crippen LogP contribution in [0.5, 0.6) is 0 Å². The van der Waals surface area contributed by atoms with Crippen molar-refractivity contribution in [1.82, 2.24) is 9.99 Å². The normalized spacial score (nSPS) is 16.2. The number of hydrogen-bond acceptors (Lipinski definition) is 3. The van der Waals surface area contributed by atoms with Gasteiger partial charge in [0.05, 0.1) is 11.1 Å². The Kier molecular flexibility index (Phi) is 5.61. The van der Waals surface area contributed by atoms with E-state index in [1.807, 2.05) is 37.3 Å². The predicted molar refractivity (Wildman–Crippen MR) is 121 cm³/mol. The van der Waals surface area contributed by atoms with E-state index in [1.165, 1.54) is 16.9 Å². The molecule has 1 atom stereocenters. The van der Waals surface area contributed by atoms with Gasteiger partial charge in [0, 0.05) is 32.5 Å². The van der Waals surface area contributed by atoms with Gasteiger partial charge in [-0.05, 0) is 81.0 Å². The first kappa shape index (κ1) is 19.9. The van der Waals surface area contributed by atoms with Gasteiger partial charge in [-0.3, -0.25) is 4.79 Å². The SMILES string of the molecule is Cc1cc(/C=N\NC(=O)c2cc3c(s2)CC[C@H](C)C3)c(C)n1-c1ccc(Cl)cc1. The predicted octanol–water partition coefficient (Wildman–Crippen LogP) is 5.70. The number of fused-ring (bicyclic) bond motifs is 1. The number of nitrogens with zero attached hydrogens (tertiary/aromatic N) is 2. The van der Waals surface area contributed by atoms with Crippen molar-refractivity contribution in [3.05, 3.63) is 73.7 Å². The van der Waals surface area contributed by atoms with Crippen molar-refractivity contribution >= 4 is 35.1 Å². The number of carbonyl (C=O) groups excluding carboxylic acids is 1. The largest absolute Gasteiger partial charge is 0.318 e. The van der Waals surface area contributed by atoms with Gasteiger partial charge in [-0.15, -0.1) is 11.3 Å². The number of thiophene rings is 1. The van der Waals surface area contributed by atoms with Crippen molar-refractivity contribution < 1.29 is 4.79 Å². The third kappa shape index (κ3) is 4.16. The van der Waals surface area contributed by atoms with Gasteiger partial charge in [0.25, 0.3) is 5.91 Å². The first-order valence-electron chi connectivity index (χ1n) is 9.82. The molecule has 0 spiro atoms. The maximum Gasteiger partial charge on any atom is 0.281 e. The quantitative estimate of drug-likeness (QED) is 0.423. The van der Waals surface area contributed by atoms with Crippen LogP contribution >= 0.6 is 22.9 Å². The fourth-order valence-corrected chi connectivity index (χ4v) is 5.16. The molecule has 0 unspecified atom stereocenters. The number of rotatable bonds is 4. The van der Waals surface area contributed by atoms with Gasteiger partial charge in [-0.1, -0.05) is 18.5 Å². The molecule has 4 nitrogen and oxygen atoms in total. The van der Waals surface area contributed by atoms with E-state index in [1.54, 1.807) is 17.6 Å². The number of halogens is 1. The third-order valence-electron chi connectivity index (χ3n) is 5.48. The lowest BCUT2D eigenvalue weighted by atomic mass is 9.90. The molecule has 1 aromatic carbocycles. The standard InChI is InChI=1S/C23H24ClN3OS/c1-14-4-9-21-17(10-14)12-22(29-21)23(28)26-25-13-18-11-15(2)27(16(18)3)20-7-5-19(24)6-8-20/h5-8,11-14H,4,9-10H2,1-3H3,(H,26,28)/b25-13-/t14-/m0/s1.